The fraction of sp³-hybridized carbons (Fsp3) is 0.400. The van der Waals surface area contributed by atoms with Gasteiger partial charge in [-0.15, -0.1) is 11.8 Å². The maximum atomic E-state index is 13.9. The zero-order valence-electron chi connectivity index (χ0n) is 25.5. The third kappa shape index (κ3) is 11.8. The van der Waals surface area contributed by atoms with Crippen molar-refractivity contribution in [2.75, 3.05) is 18.8 Å². The molecule has 7 nitrogen and oxygen atoms in total. The Bertz CT molecular complexity index is 1270. The van der Waals surface area contributed by atoms with Crippen molar-refractivity contribution in [2.24, 2.45) is 5.92 Å². The number of urea groups is 1. The number of benzene rings is 3. The summed E-state index contributed by atoms with van der Waals surface area (Å²) in [6, 6.07) is 26.1. The van der Waals surface area contributed by atoms with E-state index in [1.165, 1.54) is 11.8 Å². The number of hydrogen-bond acceptors (Lipinski definition) is 4. The third-order valence-electron chi connectivity index (χ3n) is 7.19. The number of carbonyl (C=O) groups is 3. The monoisotopic (exact) mass is 603 g/mol. The van der Waals surface area contributed by atoms with E-state index >= 15 is 0 Å². The van der Waals surface area contributed by atoms with Gasteiger partial charge in [-0.3, -0.25) is 9.59 Å². The summed E-state index contributed by atoms with van der Waals surface area (Å²) in [5.41, 5.74) is 3.10. The summed E-state index contributed by atoms with van der Waals surface area (Å²) in [4.78, 5) is 41.8. The molecular formula is C35H45N3O4S. The second-order valence-corrected chi connectivity index (χ2v) is 12.3. The number of unbranched alkanes of at least 4 members (excludes halogenated alkanes) is 1. The highest BCUT2D eigenvalue weighted by Gasteiger charge is 2.30. The number of nitrogens with zero attached hydrogens (tertiary/aromatic N) is 1. The predicted molar refractivity (Wildman–Crippen MR) is 175 cm³/mol. The second-order valence-electron chi connectivity index (χ2n) is 11.2. The first-order chi connectivity index (χ1) is 20.8. The van der Waals surface area contributed by atoms with Crippen LogP contribution in [0.4, 0.5) is 4.79 Å². The molecule has 0 spiro atoms. The second kappa shape index (κ2) is 18.0. The Morgan fingerprint density at radius 1 is 0.884 bits per heavy atom. The minimum atomic E-state index is -0.964. The summed E-state index contributed by atoms with van der Waals surface area (Å²) >= 11 is 1.53. The highest BCUT2D eigenvalue weighted by molar-refractivity contribution is 7.99. The molecule has 3 amide bonds. The maximum absolute atomic E-state index is 13.9. The van der Waals surface area contributed by atoms with Gasteiger partial charge in [0.25, 0.3) is 0 Å². The van der Waals surface area contributed by atoms with Gasteiger partial charge in [-0.05, 0) is 47.6 Å². The highest BCUT2D eigenvalue weighted by Crippen LogP contribution is 2.23. The van der Waals surface area contributed by atoms with E-state index in [-0.39, 0.29) is 12.3 Å². The first-order valence-corrected chi connectivity index (χ1v) is 16.1. The van der Waals surface area contributed by atoms with Crippen LogP contribution in [0, 0.1) is 5.92 Å². The number of aliphatic carboxylic acids is 1. The van der Waals surface area contributed by atoms with Gasteiger partial charge in [0.15, 0.2) is 0 Å². The van der Waals surface area contributed by atoms with E-state index in [9.17, 15) is 19.5 Å². The van der Waals surface area contributed by atoms with E-state index in [0.29, 0.717) is 37.6 Å². The fourth-order valence-electron chi connectivity index (χ4n) is 4.67. The average Bonchev–Trinajstić information content (AvgIpc) is 3.00. The fourth-order valence-corrected chi connectivity index (χ4v) is 5.70. The van der Waals surface area contributed by atoms with E-state index in [0.717, 1.165) is 34.4 Å². The topological polar surface area (TPSA) is 98.7 Å². The molecule has 3 aromatic carbocycles. The number of amides is 3. The molecule has 0 radical (unpaired) electrons. The average molecular weight is 604 g/mol. The normalized spacial score (nSPS) is 12.4. The van der Waals surface area contributed by atoms with Gasteiger partial charge in [0.2, 0.25) is 5.91 Å². The molecule has 0 aliphatic heterocycles. The lowest BCUT2D eigenvalue weighted by molar-refractivity contribution is -0.138. The van der Waals surface area contributed by atoms with Crippen molar-refractivity contribution >= 4 is 29.7 Å². The van der Waals surface area contributed by atoms with Crippen LogP contribution in [0.25, 0.3) is 11.1 Å². The molecule has 2 atom stereocenters. The molecule has 43 heavy (non-hydrogen) atoms. The van der Waals surface area contributed by atoms with Gasteiger partial charge >= 0.3 is 12.0 Å². The van der Waals surface area contributed by atoms with Crippen LogP contribution in [0.2, 0.25) is 0 Å². The maximum Gasteiger partial charge on any atom is 0.318 e. The molecule has 230 valence electrons. The lowest BCUT2D eigenvalue weighted by atomic mass is 10.00. The molecule has 0 bridgehead atoms. The first kappa shape index (κ1) is 33.7. The molecule has 2 unspecified atom stereocenters. The van der Waals surface area contributed by atoms with Crippen LogP contribution < -0.4 is 10.6 Å². The number of rotatable bonds is 17. The molecule has 3 aromatic rings. The Morgan fingerprint density at radius 3 is 2.12 bits per heavy atom. The Balaban J connectivity index is 1.82. The van der Waals surface area contributed by atoms with Gasteiger partial charge in [0, 0.05) is 30.2 Å². The predicted octanol–water partition coefficient (Wildman–Crippen LogP) is 6.87. The van der Waals surface area contributed by atoms with Gasteiger partial charge in [-0.25, -0.2) is 4.79 Å². The summed E-state index contributed by atoms with van der Waals surface area (Å²) in [5.74, 6) is -0.464. The molecule has 0 saturated heterocycles. The van der Waals surface area contributed by atoms with Crippen LogP contribution in [-0.2, 0) is 16.0 Å². The molecule has 3 N–H and O–H groups in total. The van der Waals surface area contributed by atoms with Crippen molar-refractivity contribution in [1.82, 2.24) is 15.5 Å². The summed E-state index contributed by atoms with van der Waals surface area (Å²) in [7, 11) is 0. The number of nitrogens with one attached hydrogen (secondary N) is 2. The van der Waals surface area contributed by atoms with Crippen molar-refractivity contribution in [3.8, 4) is 11.1 Å². The highest BCUT2D eigenvalue weighted by atomic mass is 32.2. The van der Waals surface area contributed by atoms with Crippen LogP contribution in [-0.4, -0.2) is 58.8 Å². The van der Waals surface area contributed by atoms with E-state index < -0.39 is 24.1 Å². The standard InChI is InChI=1S/C35H45N3O4S/c1-4-5-21-36-34(41)32(23-27-16-18-29(19-17-27)28-12-8-6-9-13-28)37-35(42)38(22-20-26(2)3)30(24-33(39)40)25-43-31-14-10-7-11-15-31/h6-19,26,30,32H,4-5,20-25H2,1-3H3,(H,36,41)(H,37,42)(H,39,40). The quantitative estimate of drug-likeness (QED) is 0.115. The molecule has 0 heterocycles. The van der Waals surface area contributed by atoms with Crippen LogP contribution in [0.3, 0.4) is 0 Å². The molecule has 0 aliphatic rings. The van der Waals surface area contributed by atoms with Gasteiger partial charge in [-0.2, -0.15) is 0 Å². The lowest BCUT2D eigenvalue weighted by Gasteiger charge is -2.33. The Morgan fingerprint density at radius 2 is 1.51 bits per heavy atom. The molecule has 0 aromatic heterocycles. The first-order valence-electron chi connectivity index (χ1n) is 15.2. The van der Waals surface area contributed by atoms with Gasteiger partial charge in [0.1, 0.15) is 6.04 Å². The van der Waals surface area contributed by atoms with Crippen LogP contribution in [0.5, 0.6) is 0 Å². The smallest absolute Gasteiger partial charge is 0.318 e. The summed E-state index contributed by atoms with van der Waals surface area (Å²) in [6.07, 6.45) is 2.64. The molecular weight excluding hydrogens is 558 g/mol. The Hall–Kier alpha value is -3.78. The minimum absolute atomic E-state index is 0.181. The van der Waals surface area contributed by atoms with Crippen molar-refractivity contribution < 1.29 is 19.5 Å². The third-order valence-corrected chi connectivity index (χ3v) is 8.35. The van der Waals surface area contributed by atoms with Crippen molar-refractivity contribution in [2.45, 2.75) is 69.9 Å². The number of carboxylic acids is 1. The number of carboxylic acid groups (broad SMARTS) is 1. The summed E-state index contributed by atoms with van der Waals surface area (Å²) < 4.78 is 0. The van der Waals surface area contributed by atoms with E-state index in [1.54, 1.807) is 4.90 Å². The largest absolute Gasteiger partial charge is 0.481 e. The molecule has 8 heteroatoms. The van der Waals surface area contributed by atoms with E-state index in [1.807, 2.05) is 72.8 Å². The SMILES string of the molecule is CCCCNC(=O)C(Cc1ccc(-c2ccccc2)cc1)NC(=O)N(CCC(C)C)C(CSc1ccccc1)CC(=O)O. The van der Waals surface area contributed by atoms with Crippen molar-refractivity contribution in [1.29, 1.82) is 0 Å². The number of thioether (sulfide) groups is 1. The van der Waals surface area contributed by atoms with Crippen LogP contribution >= 0.6 is 11.8 Å². The van der Waals surface area contributed by atoms with Gasteiger partial charge in [-0.1, -0.05) is 100.0 Å². The summed E-state index contributed by atoms with van der Waals surface area (Å²) in [5, 5.41) is 15.7. The zero-order chi connectivity index (χ0) is 31.0. The molecule has 3 rings (SSSR count). The molecule has 0 aliphatic carbocycles. The van der Waals surface area contributed by atoms with Crippen molar-refractivity contribution in [3.05, 3.63) is 90.5 Å². The zero-order valence-corrected chi connectivity index (χ0v) is 26.3. The van der Waals surface area contributed by atoms with Gasteiger partial charge in [0.05, 0.1) is 12.5 Å². The summed E-state index contributed by atoms with van der Waals surface area (Å²) in [6.45, 7) is 7.13. The van der Waals surface area contributed by atoms with Crippen molar-refractivity contribution in [3.63, 3.8) is 0 Å². The number of hydrogen-bond donors (Lipinski definition) is 3. The van der Waals surface area contributed by atoms with E-state index in [2.05, 4.69) is 43.5 Å². The Labute approximate surface area is 260 Å². The van der Waals surface area contributed by atoms with Crippen LogP contribution in [0.1, 0.15) is 52.0 Å². The molecule has 0 fully saturated rings. The number of carbonyl (C=O) groups excluding carboxylic acids is 2. The minimum Gasteiger partial charge on any atom is -0.481 e. The molecule has 0 saturated carbocycles. The van der Waals surface area contributed by atoms with Gasteiger partial charge < -0.3 is 20.6 Å². The Kier molecular flexibility index (Phi) is 14.1. The lowest BCUT2D eigenvalue weighted by Crippen LogP contribution is -2.55. The van der Waals surface area contributed by atoms with E-state index in [4.69, 9.17) is 0 Å². The van der Waals surface area contributed by atoms with Crippen LogP contribution in [0.15, 0.2) is 89.8 Å².